The van der Waals surface area contributed by atoms with Gasteiger partial charge in [0.05, 0.1) is 25.0 Å². The molecule has 0 unspecified atom stereocenters. The summed E-state index contributed by atoms with van der Waals surface area (Å²) in [7, 11) is 3.57. The van der Waals surface area contributed by atoms with Gasteiger partial charge in [0, 0.05) is 43.4 Å². The lowest BCUT2D eigenvalue weighted by molar-refractivity contribution is 0.398. The average Bonchev–Trinajstić information content (AvgIpc) is 3.18. The van der Waals surface area contributed by atoms with E-state index in [1.54, 1.807) is 7.11 Å². The summed E-state index contributed by atoms with van der Waals surface area (Å²) in [6.45, 7) is 2.72. The number of hydrogen-bond acceptors (Lipinski definition) is 3. The molecule has 0 bridgehead atoms. The third-order valence-electron chi connectivity index (χ3n) is 5.02. The summed E-state index contributed by atoms with van der Waals surface area (Å²) in [6, 6.07) is 8.56. The molecule has 0 aliphatic rings. The zero-order chi connectivity index (χ0) is 19.0. The summed E-state index contributed by atoms with van der Waals surface area (Å²) in [5.41, 5.74) is 5.58. The Balaban J connectivity index is 1.77. The molecule has 0 amide bonds. The van der Waals surface area contributed by atoms with Gasteiger partial charge in [-0.1, -0.05) is 12.1 Å². The van der Waals surface area contributed by atoms with Crippen molar-refractivity contribution in [2.75, 3.05) is 7.11 Å². The monoisotopic (exact) mass is 364 g/mol. The van der Waals surface area contributed by atoms with E-state index < -0.39 is 0 Å². The average molecular weight is 364 g/mol. The molecule has 27 heavy (non-hydrogen) atoms. The second-order valence-corrected chi connectivity index (χ2v) is 6.71. The van der Waals surface area contributed by atoms with E-state index in [4.69, 9.17) is 4.74 Å². The van der Waals surface area contributed by atoms with Crippen LogP contribution >= 0.6 is 0 Å². The van der Waals surface area contributed by atoms with Gasteiger partial charge in [-0.2, -0.15) is 5.10 Å². The Morgan fingerprint density at radius 2 is 1.89 bits per heavy atom. The highest BCUT2D eigenvalue weighted by Crippen LogP contribution is 2.27. The predicted molar refractivity (Wildman–Crippen MR) is 103 cm³/mol. The van der Waals surface area contributed by atoms with Gasteiger partial charge in [0.15, 0.2) is 0 Å². The van der Waals surface area contributed by atoms with Gasteiger partial charge in [0.25, 0.3) is 0 Å². The van der Waals surface area contributed by atoms with Crippen LogP contribution in [-0.2, 0) is 20.0 Å². The largest absolute Gasteiger partial charge is 0.481 e. The van der Waals surface area contributed by atoms with Crippen LogP contribution in [0.15, 0.2) is 48.9 Å². The van der Waals surface area contributed by atoms with E-state index in [9.17, 15) is 4.39 Å². The lowest BCUT2D eigenvalue weighted by Crippen LogP contribution is -1.98. The maximum absolute atomic E-state index is 13.2. The van der Waals surface area contributed by atoms with Crippen LogP contribution in [0.4, 0.5) is 4.39 Å². The number of ether oxygens (including phenoxy) is 1. The van der Waals surface area contributed by atoms with E-state index >= 15 is 0 Å². The molecule has 0 atom stereocenters. The Kier molecular flexibility index (Phi) is 4.39. The lowest BCUT2D eigenvalue weighted by atomic mass is 10.1. The van der Waals surface area contributed by atoms with E-state index in [0.29, 0.717) is 12.4 Å². The summed E-state index contributed by atoms with van der Waals surface area (Å²) < 4.78 is 22.6. The normalized spacial score (nSPS) is 11.3. The molecular weight excluding hydrogens is 343 g/mol. The number of hydrogen-bond donors (Lipinski definition) is 0. The molecule has 0 fully saturated rings. The molecule has 0 saturated carbocycles. The molecule has 4 rings (SSSR count). The van der Waals surface area contributed by atoms with Gasteiger partial charge < -0.3 is 9.30 Å². The summed E-state index contributed by atoms with van der Waals surface area (Å²) in [5.74, 6) is 0.362. The summed E-state index contributed by atoms with van der Waals surface area (Å²) >= 11 is 0. The third-order valence-corrected chi connectivity index (χ3v) is 5.02. The highest BCUT2D eigenvalue weighted by atomic mass is 19.1. The predicted octanol–water partition coefficient (Wildman–Crippen LogP) is 3.87. The summed E-state index contributed by atoms with van der Waals surface area (Å²) in [5, 5.41) is 5.45. The van der Waals surface area contributed by atoms with Crippen molar-refractivity contribution in [3.63, 3.8) is 0 Å². The van der Waals surface area contributed by atoms with Crippen LogP contribution in [0.2, 0.25) is 0 Å². The van der Waals surface area contributed by atoms with Crippen LogP contribution in [0.3, 0.4) is 0 Å². The van der Waals surface area contributed by atoms with Crippen molar-refractivity contribution < 1.29 is 9.13 Å². The number of rotatable bonds is 5. The number of halogens is 1. The van der Waals surface area contributed by atoms with Crippen molar-refractivity contribution in [1.29, 1.82) is 0 Å². The van der Waals surface area contributed by atoms with Gasteiger partial charge in [-0.15, -0.1) is 0 Å². The Labute approximate surface area is 157 Å². The molecule has 138 valence electrons. The van der Waals surface area contributed by atoms with Crippen molar-refractivity contribution >= 4 is 10.9 Å². The number of nitrogens with zero attached hydrogens (tertiary/aromatic N) is 4. The highest BCUT2D eigenvalue weighted by Gasteiger charge is 2.14. The first kappa shape index (κ1) is 17.3. The summed E-state index contributed by atoms with van der Waals surface area (Å²) in [6.07, 6.45) is 6.66. The zero-order valence-electron chi connectivity index (χ0n) is 15.6. The molecule has 0 aliphatic carbocycles. The Hall–Kier alpha value is -3.15. The van der Waals surface area contributed by atoms with Crippen LogP contribution in [0.1, 0.15) is 22.4 Å². The minimum absolute atomic E-state index is 0.227. The fourth-order valence-corrected chi connectivity index (χ4v) is 3.33. The maximum Gasteiger partial charge on any atom is 0.213 e. The number of fused-ring (bicyclic) bond motifs is 1. The second kappa shape index (κ2) is 6.87. The molecule has 5 nitrogen and oxygen atoms in total. The van der Waals surface area contributed by atoms with E-state index in [1.807, 2.05) is 42.3 Å². The molecule has 0 N–H and O–H groups in total. The first-order valence-electron chi connectivity index (χ1n) is 8.79. The zero-order valence-corrected chi connectivity index (χ0v) is 15.6. The van der Waals surface area contributed by atoms with Crippen LogP contribution in [0.5, 0.6) is 5.88 Å². The van der Waals surface area contributed by atoms with Crippen LogP contribution in [-0.4, -0.2) is 26.4 Å². The second-order valence-electron chi connectivity index (χ2n) is 6.71. The SMILES string of the molecule is COc1cc2c(Cc3cnn(C)c3C)cn(Cc3ccc(F)cc3)c2cn1. The Bertz CT molecular complexity index is 1100. The molecule has 6 heteroatoms. The minimum Gasteiger partial charge on any atom is -0.481 e. The quantitative estimate of drug-likeness (QED) is 0.540. The van der Waals surface area contributed by atoms with Gasteiger partial charge in [-0.3, -0.25) is 4.68 Å². The van der Waals surface area contributed by atoms with Crippen molar-refractivity contribution in [3.05, 3.63) is 77.1 Å². The Morgan fingerprint density at radius 3 is 2.56 bits per heavy atom. The number of pyridine rings is 1. The van der Waals surface area contributed by atoms with Crippen molar-refractivity contribution in [3.8, 4) is 5.88 Å². The first-order valence-corrected chi connectivity index (χ1v) is 8.79. The number of aromatic nitrogens is 4. The smallest absolute Gasteiger partial charge is 0.213 e. The van der Waals surface area contributed by atoms with Crippen molar-refractivity contribution in [2.24, 2.45) is 7.05 Å². The maximum atomic E-state index is 13.2. The molecule has 1 aromatic carbocycles. The van der Waals surface area contributed by atoms with E-state index in [1.165, 1.54) is 23.3 Å². The molecule has 3 heterocycles. The Morgan fingerprint density at radius 1 is 1.11 bits per heavy atom. The van der Waals surface area contributed by atoms with Gasteiger partial charge in [0.2, 0.25) is 5.88 Å². The van der Waals surface area contributed by atoms with Crippen LogP contribution < -0.4 is 4.74 Å². The number of methoxy groups -OCH3 is 1. The summed E-state index contributed by atoms with van der Waals surface area (Å²) in [4.78, 5) is 4.36. The van der Waals surface area contributed by atoms with Crippen molar-refractivity contribution in [1.82, 2.24) is 19.3 Å². The molecule has 0 spiro atoms. The molecule has 4 aromatic rings. The van der Waals surface area contributed by atoms with E-state index in [-0.39, 0.29) is 5.82 Å². The number of benzene rings is 1. The van der Waals surface area contributed by atoms with Crippen LogP contribution in [0.25, 0.3) is 10.9 Å². The minimum atomic E-state index is -0.227. The standard InChI is InChI=1S/C21H21FN4O/c1-14-16(10-24-25(14)2)8-17-13-26(12-15-4-6-18(22)7-5-15)20-11-23-21(27-3)9-19(17)20/h4-7,9-11,13H,8,12H2,1-3H3. The van der Waals surface area contributed by atoms with Gasteiger partial charge in [-0.25, -0.2) is 9.37 Å². The van der Waals surface area contributed by atoms with Gasteiger partial charge in [-0.05, 0) is 35.7 Å². The molecule has 0 aliphatic heterocycles. The fourth-order valence-electron chi connectivity index (χ4n) is 3.33. The van der Waals surface area contributed by atoms with E-state index in [0.717, 1.165) is 28.6 Å². The van der Waals surface area contributed by atoms with Crippen molar-refractivity contribution in [2.45, 2.75) is 19.9 Å². The molecule has 3 aromatic heterocycles. The molecule has 0 radical (unpaired) electrons. The molecular formula is C21H21FN4O. The van der Waals surface area contributed by atoms with Gasteiger partial charge in [0.1, 0.15) is 5.82 Å². The number of aryl methyl sites for hydroxylation is 1. The van der Waals surface area contributed by atoms with Crippen LogP contribution in [0, 0.1) is 12.7 Å². The highest BCUT2D eigenvalue weighted by molar-refractivity contribution is 5.84. The third kappa shape index (κ3) is 3.30. The van der Waals surface area contributed by atoms with E-state index in [2.05, 4.69) is 27.8 Å². The first-order chi connectivity index (χ1) is 13.0. The van der Waals surface area contributed by atoms with Gasteiger partial charge >= 0.3 is 0 Å². The fraction of sp³-hybridized carbons (Fsp3) is 0.238. The topological polar surface area (TPSA) is 44.9 Å². The lowest BCUT2D eigenvalue weighted by Gasteiger charge is -2.06. The molecule has 0 saturated heterocycles.